The number of nitrogens with zero attached hydrogens (tertiary/aromatic N) is 1. The molecule has 0 saturated heterocycles. The molecule has 0 aliphatic rings. The summed E-state index contributed by atoms with van der Waals surface area (Å²) in [5.41, 5.74) is 10.7. The van der Waals surface area contributed by atoms with Crippen molar-refractivity contribution >= 4 is 34.9 Å². The number of anilines is 1. The maximum atomic E-state index is 13.1. The zero-order chi connectivity index (χ0) is 23.3. The molecule has 1 aromatic heterocycles. The lowest BCUT2D eigenvalue weighted by Crippen LogP contribution is -2.26. The molecule has 5 N–H and O–H groups in total. The molecule has 8 nitrogen and oxygen atoms in total. The van der Waals surface area contributed by atoms with Crippen molar-refractivity contribution in [2.75, 3.05) is 11.9 Å². The number of fused-ring (bicyclic) bond motifs is 1. The number of aryl methyl sites for hydroxylation is 1. The van der Waals surface area contributed by atoms with Crippen LogP contribution >= 0.6 is 0 Å². The number of carbonyl (C=O) groups is 3. The number of aromatic nitrogens is 1. The first-order valence-corrected chi connectivity index (χ1v) is 10.1. The number of hydrogen-bond acceptors (Lipinski definition) is 3. The number of amides is 4. The minimum Gasteiger partial charge on any atom is -0.351 e. The van der Waals surface area contributed by atoms with Crippen LogP contribution in [-0.2, 0) is 4.79 Å². The van der Waals surface area contributed by atoms with Crippen LogP contribution in [0.25, 0.3) is 10.9 Å². The summed E-state index contributed by atoms with van der Waals surface area (Å²) < 4.78 is 2.07. The highest BCUT2D eigenvalue weighted by atomic mass is 16.2. The minimum atomic E-state index is -0.689. The topological polar surface area (TPSA) is 118 Å². The van der Waals surface area contributed by atoms with Gasteiger partial charge in [0.05, 0.1) is 11.1 Å². The van der Waals surface area contributed by atoms with Gasteiger partial charge >= 0.3 is 6.03 Å². The highest BCUT2D eigenvalue weighted by molar-refractivity contribution is 6.10. The Bertz CT molecular complexity index is 1080. The van der Waals surface area contributed by atoms with Gasteiger partial charge in [0.25, 0.3) is 5.91 Å². The number of carbonyl (C=O) groups excluding carboxylic acids is 3. The zero-order valence-electron chi connectivity index (χ0n) is 18.9. The smallest absolute Gasteiger partial charge is 0.316 e. The van der Waals surface area contributed by atoms with E-state index in [2.05, 4.69) is 34.4 Å². The van der Waals surface area contributed by atoms with Gasteiger partial charge in [-0.2, -0.15) is 0 Å². The molecule has 2 rings (SSSR count). The van der Waals surface area contributed by atoms with Gasteiger partial charge in [-0.1, -0.05) is 5.57 Å². The predicted octanol–water partition coefficient (Wildman–Crippen LogP) is 3.74. The number of rotatable bonds is 8. The quantitative estimate of drug-likeness (QED) is 0.381. The van der Waals surface area contributed by atoms with E-state index < -0.39 is 6.03 Å². The van der Waals surface area contributed by atoms with Crippen LogP contribution < -0.4 is 21.7 Å². The molecule has 0 unspecified atom stereocenters. The van der Waals surface area contributed by atoms with Crippen LogP contribution in [0.15, 0.2) is 41.2 Å². The summed E-state index contributed by atoms with van der Waals surface area (Å²) in [5, 5.41) is 8.96. The summed E-state index contributed by atoms with van der Waals surface area (Å²) in [7, 11) is 0. The van der Waals surface area contributed by atoms with Crippen molar-refractivity contribution in [3.63, 3.8) is 0 Å². The number of hydrogen-bond donors (Lipinski definition) is 4. The molecule has 0 spiro atoms. The van der Waals surface area contributed by atoms with Gasteiger partial charge < -0.3 is 26.3 Å². The third-order valence-corrected chi connectivity index (χ3v) is 5.10. The fourth-order valence-corrected chi connectivity index (χ4v) is 3.44. The SMILES string of the molecule is C/C(=C/C(C)=C(\C)CNC(=O)c1cc(NC(N)=O)cc2c1c(C)cn2C(C)C)NC=O. The molecule has 31 heavy (non-hydrogen) atoms. The van der Waals surface area contributed by atoms with Crippen molar-refractivity contribution in [3.8, 4) is 0 Å². The lowest BCUT2D eigenvalue weighted by atomic mass is 10.0. The number of allylic oxidation sites excluding steroid dienone is 3. The van der Waals surface area contributed by atoms with Crippen molar-refractivity contribution < 1.29 is 14.4 Å². The highest BCUT2D eigenvalue weighted by Crippen LogP contribution is 2.31. The van der Waals surface area contributed by atoms with E-state index in [1.807, 2.05) is 39.1 Å². The van der Waals surface area contributed by atoms with E-state index in [1.165, 1.54) is 0 Å². The van der Waals surface area contributed by atoms with Crippen LogP contribution in [0.2, 0.25) is 0 Å². The number of primary amides is 1. The lowest BCUT2D eigenvalue weighted by molar-refractivity contribution is -0.108. The molecule has 0 fully saturated rings. The normalized spacial score (nSPS) is 12.5. The van der Waals surface area contributed by atoms with Gasteiger partial charge in [0, 0.05) is 35.6 Å². The first kappa shape index (κ1) is 23.7. The van der Waals surface area contributed by atoms with Crippen LogP contribution in [0.5, 0.6) is 0 Å². The van der Waals surface area contributed by atoms with Gasteiger partial charge in [-0.25, -0.2) is 4.79 Å². The molecule has 0 radical (unpaired) electrons. The Morgan fingerprint density at radius 2 is 1.87 bits per heavy atom. The van der Waals surface area contributed by atoms with Gasteiger partial charge in [-0.3, -0.25) is 9.59 Å². The summed E-state index contributed by atoms with van der Waals surface area (Å²) >= 11 is 0. The maximum Gasteiger partial charge on any atom is 0.316 e. The van der Waals surface area contributed by atoms with Gasteiger partial charge in [0.15, 0.2) is 0 Å². The fourth-order valence-electron chi connectivity index (χ4n) is 3.44. The molecule has 1 aromatic carbocycles. The van der Waals surface area contributed by atoms with Crippen molar-refractivity contribution in [1.29, 1.82) is 0 Å². The largest absolute Gasteiger partial charge is 0.351 e. The van der Waals surface area contributed by atoms with E-state index in [9.17, 15) is 14.4 Å². The average molecular weight is 426 g/mol. The van der Waals surface area contributed by atoms with E-state index in [0.29, 0.717) is 24.2 Å². The monoisotopic (exact) mass is 425 g/mol. The second kappa shape index (κ2) is 9.97. The second-order valence-corrected chi connectivity index (χ2v) is 7.96. The van der Waals surface area contributed by atoms with Gasteiger partial charge in [0.1, 0.15) is 0 Å². The summed E-state index contributed by atoms with van der Waals surface area (Å²) in [6.45, 7) is 12.0. The summed E-state index contributed by atoms with van der Waals surface area (Å²) in [5.74, 6) is -0.249. The van der Waals surface area contributed by atoms with E-state index >= 15 is 0 Å². The zero-order valence-corrected chi connectivity index (χ0v) is 18.9. The Morgan fingerprint density at radius 3 is 2.45 bits per heavy atom. The first-order valence-electron chi connectivity index (χ1n) is 10.1. The van der Waals surface area contributed by atoms with Crippen LogP contribution in [0.1, 0.15) is 56.6 Å². The molecule has 2 aromatic rings. The Hall–Kier alpha value is -3.55. The Balaban J connectivity index is 2.42. The van der Waals surface area contributed by atoms with Crippen LogP contribution in [-0.4, -0.2) is 29.5 Å². The third-order valence-electron chi connectivity index (χ3n) is 5.10. The molecule has 166 valence electrons. The molecule has 0 bridgehead atoms. The van der Waals surface area contributed by atoms with Crippen LogP contribution in [0.3, 0.4) is 0 Å². The number of benzene rings is 1. The first-order chi connectivity index (χ1) is 14.5. The van der Waals surface area contributed by atoms with E-state index in [-0.39, 0.29) is 11.9 Å². The number of nitrogens with two attached hydrogens (primary N) is 1. The minimum absolute atomic E-state index is 0.179. The fraction of sp³-hybridized carbons (Fsp3) is 0.348. The molecule has 0 atom stereocenters. The highest BCUT2D eigenvalue weighted by Gasteiger charge is 2.18. The van der Waals surface area contributed by atoms with Crippen molar-refractivity contribution in [1.82, 2.24) is 15.2 Å². The van der Waals surface area contributed by atoms with Crippen LogP contribution in [0.4, 0.5) is 10.5 Å². The molecule has 8 heteroatoms. The number of nitrogens with one attached hydrogen (secondary N) is 3. The van der Waals surface area contributed by atoms with Crippen molar-refractivity contribution in [3.05, 3.63) is 52.4 Å². The van der Waals surface area contributed by atoms with E-state index in [4.69, 9.17) is 5.73 Å². The maximum absolute atomic E-state index is 13.1. The van der Waals surface area contributed by atoms with Gasteiger partial charge in [0.2, 0.25) is 6.41 Å². The van der Waals surface area contributed by atoms with E-state index in [0.717, 1.165) is 33.3 Å². The van der Waals surface area contributed by atoms with Crippen LogP contribution in [0, 0.1) is 6.92 Å². The lowest BCUT2D eigenvalue weighted by Gasteiger charge is -2.14. The molecule has 0 saturated carbocycles. The summed E-state index contributed by atoms with van der Waals surface area (Å²) in [4.78, 5) is 35.1. The Kier molecular flexibility index (Phi) is 7.63. The molecular weight excluding hydrogens is 394 g/mol. The standard InChI is InChI=1S/C23H31N5O3/c1-13(2)28-11-16(5)21-19(8-18(9-20(21)28)27-23(24)31)22(30)25-10-15(4)14(3)7-17(6)26-12-29/h7-9,11-13H,10H2,1-6H3,(H,25,30)(H,26,29)(H3,24,27,31)/b15-14+,17-7-. The Labute approximate surface area is 182 Å². The summed E-state index contributed by atoms with van der Waals surface area (Å²) in [6, 6.07) is 2.96. The molecule has 4 amide bonds. The Morgan fingerprint density at radius 1 is 1.19 bits per heavy atom. The van der Waals surface area contributed by atoms with Gasteiger partial charge in [-0.05, 0) is 70.9 Å². The number of urea groups is 1. The molecule has 0 aliphatic heterocycles. The van der Waals surface area contributed by atoms with E-state index in [1.54, 1.807) is 13.0 Å². The predicted molar refractivity (Wildman–Crippen MR) is 124 cm³/mol. The average Bonchev–Trinajstić information content (AvgIpc) is 3.01. The second-order valence-electron chi connectivity index (χ2n) is 7.96. The van der Waals surface area contributed by atoms with Crippen molar-refractivity contribution in [2.45, 2.75) is 47.6 Å². The third kappa shape index (κ3) is 5.75. The molecule has 1 heterocycles. The summed E-state index contributed by atoms with van der Waals surface area (Å²) in [6.07, 6.45) is 4.47. The molecular formula is C23H31N5O3. The molecule has 0 aliphatic carbocycles. The van der Waals surface area contributed by atoms with Crippen molar-refractivity contribution in [2.24, 2.45) is 5.73 Å². The van der Waals surface area contributed by atoms with Gasteiger partial charge in [-0.15, -0.1) is 0 Å².